The molecule has 0 fully saturated rings. The average Bonchev–Trinajstić information content (AvgIpc) is 3.82. The summed E-state index contributed by atoms with van der Waals surface area (Å²) < 4.78 is 4.81. The number of aryl methyl sites for hydroxylation is 1. The molecular weight excluding hydrogens is 713 g/mol. The van der Waals surface area contributed by atoms with Crippen molar-refractivity contribution < 1.29 is 0 Å². The summed E-state index contributed by atoms with van der Waals surface area (Å²) in [7, 11) is 0. The third kappa shape index (κ3) is 6.13. The maximum Gasteiger partial charge on any atom is 0.0543 e. The predicted octanol–water partition coefficient (Wildman–Crippen LogP) is 15.5. The normalized spacial score (nSPS) is 11.6. The van der Waals surface area contributed by atoms with E-state index in [4.69, 9.17) is 0 Å². The third-order valence-corrected chi connectivity index (χ3v) is 12.0. The van der Waals surface area contributed by atoms with Gasteiger partial charge in [-0.05, 0) is 129 Å². The third-order valence-electron chi connectivity index (χ3n) is 12.0. The topological polar surface area (TPSA) is 9.86 Å². The van der Waals surface area contributed by atoms with E-state index in [-0.39, 0.29) is 0 Å². The number of para-hydroxylation sites is 3. The van der Waals surface area contributed by atoms with Crippen molar-refractivity contribution in [2.75, 3.05) is 0 Å². The number of hydrogen-bond donors (Lipinski definition) is 0. The highest BCUT2D eigenvalue weighted by Gasteiger charge is 2.15. The lowest BCUT2D eigenvalue weighted by Crippen LogP contribution is -1.95. The van der Waals surface area contributed by atoms with Crippen molar-refractivity contribution in [2.24, 2.45) is 0 Å². The van der Waals surface area contributed by atoms with Crippen LogP contribution in [0.1, 0.15) is 18.9 Å². The van der Waals surface area contributed by atoms with Crippen LogP contribution in [0.3, 0.4) is 0 Å². The van der Waals surface area contributed by atoms with Gasteiger partial charge in [-0.2, -0.15) is 0 Å². The summed E-state index contributed by atoms with van der Waals surface area (Å²) in [6.45, 7) is 2.25. The molecule has 0 unspecified atom stereocenters. The highest BCUT2D eigenvalue weighted by molar-refractivity contribution is 6.10. The second-order valence-corrected chi connectivity index (χ2v) is 15.7. The van der Waals surface area contributed by atoms with Crippen molar-refractivity contribution in [1.82, 2.24) is 9.13 Å². The van der Waals surface area contributed by atoms with E-state index in [0.717, 1.165) is 18.5 Å². The monoisotopic (exact) mass is 754 g/mol. The van der Waals surface area contributed by atoms with Crippen molar-refractivity contribution in [1.29, 1.82) is 0 Å². The number of fused-ring (bicyclic) bond motifs is 6. The van der Waals surface area contributed by atoms with Crippen molar-refractivity contribution in [3.05, 3.63) is 218 Å². The maximum atomic E-state index is 2.43. The van der Waals surface area contributed by atoms with Gasteiger partial charge < -0.3 is 9.13 Å². The summed E-state index contributed by atoms with van der Waals surface area (Å²) in [5.41, 5.74) is 18.2. The van der Waals surface area contributed by atoms with E-state index in [1.54, 1.807) is 0 Å². The molecule has 0 amide bonds. The molecule has 0 saturated heterocycles. The summed E-state index contributed by atoms with van der Waals surface area (Å²) in [6, 6.07) is 78.0. The van der Waals surface area contributed by atoms with Crippen molar-refractivity contribution in [2.45, 2.75) is 19.8 Å². The second-order valence-electron chi connectivity index (χ2n) is 15.7. The van der Waals surface area contributed by atoms with Crippen LogP contribution < -0.4 is 0 Å². The van der Waals surface area contributed by atoms with Crippen LogP contribution in [0.25, 0.3) is 99.5 Å². The molecule has 11 aromatic rings. The highest BCUT2D eigenvalue weighted by atomic mass is 15.0. The minimum Gasteiger partial charge on any atom is -0.309 e. The molecule has 0 atom stereocenters. The summed E-state index contributed by atoms with van der Waals surface area (Å²) in [6.07, 6.45) is 2.21. The molecule has 2 aromatic heterocycles. The van der Waals surface area contributed by atoms with Gasteiger partial charge >= 0.3 is 0 Å². The zero-order valence-corrected chi connectivity index (χ0v) is 33.0. The lowest BCUT2D eigenvalue weighted by molar-refractivity contribution is 0.923. The first-order valence-corrected chi connectivity index (χ1v) is 20.7. The van der Waals surface area contributed by atoms with Gasteiger partial charge in [-0.3, -0.25) is 0 Å². The Bertz CT molecular complexity index is 3260. The van der Waals surface area contributed by atoms with E-state index >= 15 is 0 Å². The summed E-state index contributed by atoms with van der Waals surface area (Å²) in [5, 5.41) is 5.14. The molecule has 2 heterocycles. The van der Waals surface area contributed by atoms with Crippen LogP contribution in [0.5, 0.6) is 0 Å². The minimum absolute atomic E-state index is 1.08. The summed E-state index contributed by atoms with van der Waals surface area (Å²) in [5.74, 6) is 0. The van der Waals surface area contributed by atoms with E-state index in [1.807, 2.05) is 0 Å². The van der Waals surface area contributed by atoms with Crippen LogP contribution in [0.15, 0.2) is 212 Å². The van der Waals surface area contributed by atoms with Crippen LogP contribution in [-0.2, 0) is 6.42 Å². The van der Waals surface area contributed by atoms with Gasteiger partial charge in [-0.1, -0.05) is 153 Å². The van der Waals surface area contributed by atoms with Gasteiger partial charge in [0.25, 0.3) is 0 Å². The standard InChI is InChI=1S/C57H42N2/c1-2-13-39-24-33-53-52-20-8-11-23-56(52)59(57(53)34-39)49-31-27-42(28-32-49)46-36-45(40-14-4-3-5-15-40)37-47(38-46)44-17-12-16-43(35-44)41-25-29-48(30-26-41)58-54-21-9-6-18-50(54)51-19-7-10-22-55(51)58/h3-12,14-38H,2,13H2,1H3. The van der Waals surface area contributed by atoms with Gasteiger partial charge in [0.2, 0.25) is 0 Å². The smallest absolute Gasteiger partial charge is 0.0543 e. The Morgan fingerprint density at radius 2 is 0.678 bits per heavy atom. The van der Waals surface area contributed by atoms with Gasteiger partial charge in [0, 0.05) is 32.9 Å². The Hall–Kier alpha value is -7.42. The van der Waals surface area contributed by atoms with Crippen molar-refractivity contribution >= 4 is 43.6 Å². The molecule has 2 nitrogen and oxygen atoms in total. The molecule has 0 N–H and O–H groups in total. The molecule has 0 saturated carbocycles. The number of benzene rings is 9. The van der Waals surface area contributed by atoms with Crippen LogP contribution in [0.4, 0.5) is 0 Å². The van der Waals surface area contributed by atoms with E-state index in [9.17, 15) is 0 Å². The van der Waals surface area contributed by atoms with Crippen molar-refractivity contribution in [3.63, 3.8) is 0 Å². The fraction of sp³-hybridized carbons (Fsp3) is 0.0526. The van der Waals surface area contributed by atoms with Gasteiger partial charge in [0.1, 0.15) is 0 Å². The molecule has 59 heavy (non-hydrogen) atoms. The molecule has 0 bridgehead atoms. The Balaban J connectivity index is 0.971. The molecular formula is C57H42N2. The Kier molecular flexibility index (Phi) is 8.56. The van der Waals surface area contributed by atoms with Crippen LogP contribution in [0, 0.1) is 0 Å². The molecule has 0 spiro atoms. The van der Waals surface area contributed by atoms with Gasteiger partial charge in [0.15, 0.2) is 0 Å². The van der Waals surface area contributed by atoms with Crippen LogP contribution >= 0.6 is 0 Å². The number of hydrogen-bond acceptors (Lipinski definition) is 0. The van der Waals surface area contributed by atoms with Crippen molar-refractivity contribution in [3.8, 4) is 55.9 Å². The summed E-state index contributed by atoms with van der Waals surface area (Å²) >= 11 is 0. The fourth-order valence-corrected chi connectivity index (χ4v) is 9.18. The lowest BCUT2D eigenvalue weighted by atomic mass is 9.92. The average molecular weight is 755 g/mol. The number of nitrogens with zero attached hydrogens (tertiary/aromatic N) is 2. The van der Waals surface area contributed by atoms with Gasteiger partial charge in [0.05, 0.1) is 22.1 Å². The molecule has 9 aromatic carbocycles. The molecule has 11 rings (SSSR count). The zero-order valence-electron chi connectivity index (χ0n) is 33.0. The number of aromatic nitrogens is 2. The SMILES string of the molecule is CCCc1ccc2c3ccccc3n(-c3ccc(-c4cc(-c5ccccc5)cc(-c5cccc(-c6ccc(-n7c8ccccc8c8ccccc87)cc6)c5)c4)cc3)c2c1. The Morgan fingerprint density at radius 1 is 0.288 bits per heavy atom. The Labute approximate surface area is 344 Å². The molecule has 2 heteroatoms. The first kappa shape index (κ1) is 34.8. The minimum atomic E-state index is 1.08. The number of rotatable bonds is 8. The maximum absolute atomic E-state index is 2.43. The zero-order chi connectivity index (χ0) is 39.3. The first-order valence-electron chi connectivity index (χ1n) is 20.7. The quantitative estimate of drug-likeness (QED) is 0.146. The van der Waals surface area contributed by atoms with Crippen LogP contribution in [0.2, 0.25) is 0 Å². The molecule has 0 aliphatic heterocycles. The molecule has 0 aliphatic carbocycles. The van der Waals surface area contributed by atoms with Gasteiger partial charge in [-0.25, -0.2) is 0 Å². The fourth-order valence-electron chi connectivity index (χ4n) is 9.18. The second kappa shape index (κ2) is 14.5. The molecule has 0 radical (unpaired) electrons. The Morgan fingerprint density at radius 3 is 1.22 bits per heavy atom. The van der Waals surface area contributed by atoms with E-state index < -0.39 is 0 Å². The predicted molar refractivity (Wildman–Crippen MR) is 251 cm³/mol. The van der Waals surface area contributed by atoms with E-state index in [1.165, 1.54) is 99.4 Å². The first-order chi connectivity index (χ1) is 29.2. The molecule has 280 valence electrons. The van der Waals surface area contributed by atoms with E-state index in [0.29, 0.717) is 0 Å². The molecule has 0 aliphatic rings. The van der Waals surface area contributed by atoms with E-state index in [2.05, 4.69) is 228 Å². The largest absolute Gasteiger partial charge is 0.309 e. The van der Waals surface area contributed by atoms with Crippen LogP contribution in [-0.4, -0.2) is 9.13 Å². The summed E-state index contributed by atoms with van der Waals surface area (Å²) in [4.78, 5) is 0. The van der Waals surface area contributed by atoms with Gasteiger partial charge in [-0.15, -0.1) is 0 Å². The highest BCUT2D eigenvalue weighted by Crippen LogP contribution is 2.38. The lowest BCUT2D eigenvalue weighted by Gasteiger charge is -2.14.